The van der Waals surface area contributed by atoms with Crippen LogP contribution < -0.4 is 15.9 Å². The van der Waals surface area contributed by atoms with Crippen molar-refractivity contribution < 1.29 is 17.9 Å². The smallest absolute Gasteiger partial charge is 0.195 e. The van der Waals surface area contributed by atoms with Gasteiger partial charge in [0.05, 0.1) is 18.4 Å². The van der Waals surface area contributed by atoms with Gasteiger partial charge in [-0.3, -0.25) is 5.43 Å². The van der Waals surface area contributed by atoms with E-state index in [0.29, 0.717) is 0 Å². The van der Waals surface area contributed by atoms with Crippen LogP contribution in [0.3, 0.4) is 0 Å². The van der Waals surface area contributed by atoms with Crippen LogP contribution in [-0.2, 0) is 0 Å². The van der Waals surface area contributed by atoms with E-state index in [0.717, 1.165) is 12.3 Å². The standard InChI is InChI=1S/C10H10F3N3OS/c1-2-17-7-3-6(11)9(13)8(12)5(7)4-15-16-10(14)18/h3-4H,2H2,1H3,(H3,14,16,18). The molecular weight excluding hydrogens is 267 g/mol. The van der Waals surface area contributed by atoms with Crippen LogP contribution in [0.5, 0.6) is 5.75 Å². The van der Waals surface area contributed by atoms with Crippen LogP contribution in [0.25, 0.3) is 0 Å². The second kappa shape index (κ2) is 6.20. The van der Waals surface area contributed by atoms with Gasteiger partial charge in [-0.1, -0.05) is 0 Å². The van der Waals surface area contributed by atoms with Crippen LogP contribution in [0.2, 0.25) is 0 Å². The normalized spacial score (nSPS) is 10.7. The number of nitrogens with one attached hydrogen (secondary N) is 1. The molecule has 4 nitrogen and oxygen atoms in total. The minimum atomic E-state index is -1.60. The topological polar surface area (TPSA) is 59.6 Å². The zero-order valence-corrected chi connectivity index (χ0v) is 10.2. The Kier molecular flexibility index (Phi) is 4.90. The molecule has 0 atom stereocenters. The van der Waals surface area contributed by atoms with E-state index in [9.17, 15) is 13.2 Å². The molecule has 0 aliphatic rings. The predicted octanol–water partition coefficient (Wildman–Crippen LogP) is 1.67. The van der Waals surface area contributed by atoms with E-state index in [2.05, 4.69) is 22.7 Å². The van der Waals surface area contributed by atoms with Gasteiger partial charge in [0.15, 0.2) is 22.6 Å². The number of ether oxygens (including phenoxy) is 1. The molecule has 0 saturated heterocycles. The van der Waals surface area contributed by atoms with Gasteiger partial charge < -0.3 is 10.5 Å². The summed E-state index contributed by atoms with van der Waals surface area (Å²) in [6, 6.07) is 0.740. The number of nitrogens with two attached hydrogens (primary N) is 1. The van der Waals surface area contributed by atoms with Crippen molar-refractivity contribution in [3.8, 4) is 5.75 Å². The summed E-state index contributed by atoms with van der Waals surface area (Å²) in [7, 11) is 0. The Labute approximate surface area is 107 Å². The van der Waals surface area contributed by atoms with Gasteiger partial charge in [0.2, 0.25) is 0 Å². The Morgan fingerprint density at radius 2 is 2.17 bits per heavy atom. The van der Waals surface area contributed by atoms with Crippen LogP contribution in [0.4, 0.5) is 13.2 Å². The first-order valence-corrected chi connectivity index (χ1v) is 5.27. The number of halogens is 3. The van der Waals surface area contributed by atoms with Gasteiger partial charge in [-0.15, -0.1) is 0 Å². The lowest BCUT2D eigenvalue weighted by Gasteiger charge is -2.09. The number of thiocarbonyl (C=S) groups is 1. The third kappa shape index (κ3) is 3.33. The first-order chi connectivity index (χ1) is 8.47. The molecule has 1 aromatic carbocycles. The van der Waals surface area contributed by atoms with E-state index in [1.807, 2.05) is 0 Å². The minimum Gasteiger partial charge on any atom is -0.493 e. The maximum atomic E-state index is 13.5. The van der Waals surface area contributed by atoms with Crippen molar-refractivity contribution in [1.82, 2.24) is 5.43 Å². The number of hydrogen-bond donors (Lipinski definition) is 2. The molecule has 3 N–H and O–H groups in total. The molecule has 0 aromatic heterocycles. The highest BCUT2D eigenvalue weighted by Gasteiger charge is 2.18. The molecule has 98 valence electrons. The van der Waals surface area contributed by atoms with E-state index >= 15 is 0 Å². The van der Waals surface area contributed by atoms with Crippen molar-refractivity contribution in [3.63, 3.8) is 0 Å². The lowest BCUT2D eigenvalue weighted by Crippen LogP contribution is -2.24. The number of nitrogens with zero attached hydrogens (tertiary/aromatic N) is 1. The zero-order chi connectivity index (χ0) is 13.7. The fourth-order valence-corrected chi connectivity index (χ4v) is 1.20. The Morgan fingerprint density at radius 3 is 2.72 bits per heavy atom. The molecule has 0 spiro atoms. The highest BCUT2D eigenvalue weighted by atomic mass is 32.1. The molecule has 0 aliphatic carbocycles. The summed E-state index contributed by atoms with van der Waals surface area (Å²) < 4.78 is 44.5. The predicted molar refractivity (Wildman–Crippen MR) is 65.0 cm³/mol. The van der Waals surface area contributed by atoms with E-state index in [-0.39, 0.29) is 23.0 Å². The summed E-state index contributed by atoms with van der Waals surface area (Å²) in [5.41, 5.74) is 6.92. The molecular formula is C10H10F3N3OS. The monoisotopic (exact) mass is 277 g/mol. The molecule has 0 heterocycles. The highest BCUT2D eigenvalue weighted by molar-refractivity contribution is 7.80. The fourth-order valence-electron chi connectivity index (χ4n) is 1.14. The Morgan fingerprint density at radius 1 is 1.50 bits per heavy atom. The second-order valence-electron chi connectivity index (χ2n) is 3.07. The van der Waals surface area contributed by atoms with Gasteiger partial charge in [-0.05, 0) is 19.1 Å². The summed E-state index contributed by atoms with van der Waals surface area (Å²) >= 11 is 4.47. The lowest BCUT2D eigenvalue weighted by atomic mass is 10.2. The Bertz CT molecular complexity index is 494. The summed E-state index contributed by atoms with van der Waals surface area (Å²) in [4.78, 5) is 0. The zero-order valence-electron chi connectivity index (χ0n) is 9.34. The van der Waals surface area contributed by atoms with Crippen LogP contribution in [-0.4, -0.2) is 17.9 Å². The molecule has 1 rings (SSSR count). The summed E-state index contributed by atoms with van der Waals surface area (Å²) in [6.07, 6.45) is 0.905. The molecule has 8 heteroatoms. The largest absolute Gasteiger partial charge is 0.493 e. The average molecular weight is 277 g/mol. The first kappa shape index (κ1) is 14.2. The van der Waals surface area contributed by atoms with Crippen molar-refractivity contribution in [2.24, 2.45) is 10.8 Å². The van der Waals surface area contributed by atoms with Gasteiger partial charge in [0.25, 0.3) is 0 Å². The Hall–Kier alpha value is -1.83. The SMILES string of the molecule is CCOc1cc(F)c(F)c(F)c1C=NNC(N)=S. The molecule has 0 saturated carbocycles. The van der Waals surface area contributed by atoms with Crippen LogP contribution in [0, 0.1) is 17.5 Å². The lowest BCUT2D eigenvalue weighted by molar-refractivity contribution is 0.330. The van der Waals surface area contributed by atoms with E-state index < -0.39 is 17.5 Å². The van der Waals surface area contributed by atoms with Gasteiger partial charge in [-0.25, -0.2) is 13.2 Å². The summed E-state index contributed by atoms with van der Waals surface area (Å²) in [6.45, 7) is 1.78. The Balaban J connectivity index is 3.17. The van der Waals surface area contributed by atoms with Crippen LogP contribution in [0.1, 0.15) is 12.5 Å². The fraction of sp³-hybridized carbons (Fsp3) is 0.200. The van der Waals surface area contributed by atoms with Crippen molar-refractivity contribution in [1.29, 1.82) is 0 Å². The quantitative estimate of drug-likeness (QED) is 0.380. The third-order valence-corrected chi connectivity index (χ3v) is 1.92. The van der Waals surface area contributed by atoms with E-state index in [1.165, 1.54) is 0 Å². The molecule has 0 bridgehead atoms. The van der Waals surface area contributed by atoms with Gasteiger partial charge in [0, 0.05) is 6.07 Å². The number of benzene rings is 1. The summed E-state index contributed by atoms with van der Waals surface area (Å²) in [5, 5.41) is 3.32. The maximum absolute atomic E-state index is 13.5. The molecule has 0 unspecified atom stereocenters. The second-order valence-corrected chi connectivity index (χ2v) is 3.51. The van der Waals surface area contributed by atoms with Crippen molar-refractivity contribution in [2.75, 3.05) is 6.61 Å². The van der Waals surface area contributed by atoms with Gasteiger partial charge in [0.1, 0.15) is 5.75 Å². The van der Waals surface area contributed by atoms with Crippen LogP contribution >= 0.6 is 12.2 Å². The highest BCUT2D eigenvalue weighted by Crippen LogP contribution is 2.24. The summed E-state index contributed by atoms with van der Waals surface area (Å²) in [5.74, 6) is -4.50. The van der Waals surface area contributed by atoms with Gasteiger partial charge >= 0.3 is 0 Å². The van der Waals surface area contributed by atoms with E-state index in [1.54, 1.807) is 6.92 Å². The average Bonchev–Trinajstić information content (AvgIpc) is 2.30. The van der Waals surface area contributed by atoms with Crippen molar-refractivity contribution in [2.45, 2.75) is 6.92 Å². The minimum absolute atomic E-state index is 0.146. The molecule has 0 amide bonds. The molecule has 0 aliphatic heterocycles. The number of hydrazone groups is 1. The van der Waals surface area contributed by atoms with Crippen molar-refractivity contribution >= 4 is 23.5 Å². The first-order valence-electron chi connectivity index (χ1n) is 4.86. The maximum Gasteiger partial charge on any atom is 0.195 e. The van der Waals surface area contributed by atoms with E-state index in [4.69, 9.17) is 10.5 Å². The van der Waals surface area contributed by atoms with Crippen molar-refractivity contribution in [3.05, 3.63) is 29.1 Å². The number of rotatable bonds is 4. The molecule has 0 fully saturated rings. The third-order valence-electron chi connectivity index (χ3n) is 1.83. The number of hydrogen-bond acceptors (Lipinski definition) is 3. The van der Waals surface area contributed by atoms with Crippen LogP contribution in [0.15, 0.2) is 11.2 Å². The molecule has 18 heavy (non-hydrogen) atoms. The molecule has 0 radical (unpaired) electrons. The molecule has 1 aromatic rings. The van der Waals surface area contributed by atoms with Gasteiger partial charge in [-0.2, -0.15) is 5.10 Å².